The Morgan fingerprint density at radius 1 is 1.16 bits per heavy atom. The summed E-state index contributed by atoms with van der Waals surface area (Å²) >= 11 is 0. The van der Waals surface area contributed by atoms with Crippen LogP contribution >= 0.6 is 0 Å². The molecular weight excluding hydrogens is 564 g/mol. The molecule has 44 heavy (non-hydrogen) atoms. The van der Waals surface area contributed by atoms with Gasteiger partial charge in [-0.15, -0.1) is 0 Å². The van der Waals surface area contributed by atoms with Gasteiger partial charge in [0.25, 0.3) is 0 Å². The SMILES string of the molecule is CCC(C)C(=O)O[C@@H]1C[C@]2(C)C(=CC[C@H]2[C@@H]2C[C@H]([C@H](O)C(C)(C)O)O[C@@H]2O)[C@]2(C)[C@H](O)C[C@H]3C(C)(C)OC(=O)C=C[C@]3(C)[C@@H]12. The molecule has 0 amide bonds. The van der Waals surface area contributed by atoms with Gasteiger partial charge in [-0.2, -0.15) is 0 Å². The molecule has 1 saturated heterocycles. The molecule has 9 nitrogen and oxygen atoms in total. The lowest BCUT2D eigenvalue weighted by Gasteiger charge is -2.66. The van der Waals surface area contributed by atoms with Gasteiger partial charge in [-0.25, -0.2) is 4.79 Å². The molecular formula is C35H54O9. The van der Waals surface area contributed by atoms with Crippen molar-refractivity contribution in [1.82, 2.24) is 0 Å². The molecule has 0 radical (unpaired) electrons. The number of ether oxygens (including phenoxy) is 3. The molecule has 5 rings (SSSR count). The van der Waals surface area contributed by atoms with Crippen LogP contribution in [0, 0.1) is 45.8 Å². The lowest BCUT2D eigenvalue weighted by atomic mass is 9.39. The summed E-state index contributed by atoms with van der Waals surface area (Å²) in [6.45, 7) is 17.0. The molecule has 0 spiro atoms. The molecule has 1 unspecified atom stereocenters. The number of aliphatic hydroxyl groups is 4. The molecule has 3 aliphatic carbocycles. The van der Waals surface area contributed by atoms with E-state index in [0.29, 0.717) is 32.1 Å². The molecule has 3 fully saturated rings. The van der Waals surface area contributed by atoms with E-state index in [2.05, 4.69) is 26.8 Å². The Kier molecular flexibility index (Phi) is 8.32. The van der Waals surface area contributed by atoms with Gasteiger partial charge >= 0.3 is 11.9 Å². The summed E-state index contributed by atoms with van der Waals surface area (Å²) in [5, 5.41) is 44.6. The van der Waals surface area contributed by atoms with Crippen LogP contribution in [0.25, 0.3) is 0 Å². The Bertz CT molecular complexity index is 1220. The zero-order chi connectivity index (χ0) is 32.8. The van der Waals surface area contributed by atoms with Crippen molar-refractivity contribution in [2.45, 2.75) is 136 Å². The zero-order valence-electron chi connectivity index (χ0n) is 27.9. The summed E-state index contributed by atoms with van der Waals surface area (Å²) < 4.78 is 18.2. The largest absolute Gasteiger partial charge is 0.462 e. The normalized spacial score (nSPS) is 46.1. The second kappa shape index (κ2) is 10.9. The third-order valence-electron chi connectivity index (χ3n) is 12.6. The summed E-state index contributed by atoms with van der Waals surface area (Å²) in [7, 11) is 0. The number of carbonyl (C=O) groups excluding carboxylic acids is 2. The summed E-state index contributed by atoms with van der Waals surface area (Å²) in [4.78, 5) is 26.3. The first-order chi connectivity index (χ1) is 20.2. The lowest BCUT2D eigenvalue weighted by molar-refractivity contribution is -0.221. The molecule has 4 N–H and O–H groups in total. The smallest absolute Gasteiger partial charge is 0.330 e. The number of esters is 2. The second-order valence-corrected chi connectivity index (χ2v) is 16.2. The van der Waals surface area contributed by atoms with E-state index in [1.807, 2.05) is 33.8 Å². The molecule has 2 saturated carbocycles. The maximum Gasteiger partial charge on any atom is 0.330 e. The molecule has 0 aromatic rings. The van der Waals surface area contributed by atoms with E-state index in [1.165, 1.54) is 19.9 Å². The average molecular weight is 619 g/mol. The minimum Gasteiger partial charge on any atom is -0.462 e. The van der Waals surface area contributed by atoms with Crippen molar-refractivity contribution >= 4 is 11.9 Å². The molecule has 2 heterocycles. The van der Waals surface area contributed by atoms with E-state index >= 15 is 0 Å². The van der Waals surface area contributed by atoms with Gasteiger partial charge in [0.1, 0.15) is 17.8 Å². The number of fused-ring (bicyclic) bond motifs is 5. The topological polar surface area (TPSA) is 143 Å². The number of carbonyl (C=O) groups is 2. The van der Waals surface area contributed by atoms with Crippen LogP contribution in [0.1, 0.15) is 94.4 Å². The average Bonchev–Trinajstić information content (AvgIpc) is 3.44. The highest BCUT2D eigenvalue weighted by atomic mass is 16.6. The molecule has 0 aromatic carbocycles. The maximum absolute atomic E-state index is 13.5. The predicted octanol–water partition coefficient (Wildman–Crippen LogP) is 4.06. The predicted molar refractivity (Wildman–Crippen MR) is 163 cm³/mol. The van der Waals surface area contributed by atoms with Gasteiger partial charge in [0.15, 0.2) is 6.29 Å². The van der Waals surface area contributed by atoms with Crippen molar-refractivity contribution in [2.24, 2.45) is 45.8 Å². The monoisotopic (exact) mass is 618 g/mol. The Balaban J connectivity index is 1.60. The third kappa shape index (κ3) is 5.00. The van der Waals surface area contributed by atoms with Crippen LogP contribution in [0.3, 0.4) is 0 Å². The first-order valence-electron chi connectivity index (χ1n) is 16.5. The van der Waals surface area contributed by atoms with Crippen LogP contribution in [0.4, 0.5) is 0 Å². The molecule has 9 heteroatoms. The van der Waals surface area contributed by atoms with Gasteiger partial charge in [-0.05, 0) is 76.5 Å². The van der Waals surface area contributed by atoms with Gasteiger partial charge in [0, 0.05) is 29.2 Å². The number of aliphatic hydroxyl groups excluding tert-OH is 3. The van der Waals surface area contributed by atoms with Crippen molar-refractivity contribution in [3.8, 4) is 0 Å². The van der Waals surface area contributed by atoms with E-state index in [-0.39, 0.29) is 35.6 Å². The number of cyclic esters (lactones) is 1. The molecule has 5 aliphatic rings. The summed E-state index contributed by atoms with van der Waals surface area (Å²) in [6.07, 6.45) is 3.70. The molecule has 248 valence electrons. The quantitative estimate of drug-likeness (QED) is 0.256. The summed E-state index contributed by atoms with van der Waals surface area (Å²) in [5.41, 5.74) is -3.19. The number of rotatable bonds is 6. The van der Waals surface area contributed by atoms with Crippen LogP contribution in [-0.4, -0.2) is 74.3 Å². The lowest BCUT2D eigenvalue weighted by Crippen LogP contribution is -2.67. The fraction of sp³-hybridized carbons (Fsp3) is 0.829. The first-order valence-corrected chi connectivity index (χ1v) is 16.5. The Labute approximate surface area is 262 Å². The van der Waals surface area contributed by atoms with E-state index in [1.54, 1.807) is 0 Å². The van der Waals surface area contributed by atoms with E-state index in [4.69, 9.17) is 14.2 Å². The van der Waals surface area contributed by atoms with E-state index in [0.717, 1.165) is 5.57 Å². The van der Waals surface area contributed by atoms with Crippen LogP contribution in [0.2, 0.25) is 0 Å². The van der Waals surface area contributed by atoms with Gasteiger partial charge in [-0.3, -0.25) is 4.79 Å². The van der Waals surface area contributed by atoms with Crippen molar-refractivity contribution in [3.63, 3.8) is 0 Å². The van der Waals surface area contributed by atoms with Gasteiger partial charge in [0.2, 0.25) is 0 Å². The maximum atomic E-state index is 13.5. The summed E-state index contributed by atoms with van der Waals surface area (Å²) in [5.74, 6) is -2.04. The molecule has 13 atom stereocenters. The molecule has 0 bridgehead atoms. The fourth-order valence-corrected chi connectivity index (χ4v) is 10.3. The van der Waals surface area contributed by atoms with Crippen molar-refractivity contribution in [2.75, 3.05) is 0 Å². The van der Waals surface area contributed by atoms with Crippen molar-refractivity contribution in [3.05, 3.63) is 23.8 Å². The Morgan fingerprint density at radius 3 is 2.43 bits per heavy atom. The van der Waals surface area contributed by atoms with Crippen LogP contribution < -0.4 is 0 Å². The fourth-order valence-electron chi connectivity index (χ4n) is 10.3. The third-order valence-corrected chi connectivity index (χ3v) is 12.6. The molecule has 2 aliphatic heterocycles. The number of hydrogen-bond acceptors (Lipinski definition) is 9. The van der Waals surface area contributed by atoms with Gasteiger partial charge in [-0.1, -0.05) is 52.3 Å². The standard InChI is InChI=1S/C35H54O9/c1-10-18(2)29(39)43-22-17-34(8)20(19-15-21(42-30(19)40)28(38)31(3,4)41)11-12-23(34)35(9)25(36)16-24-32(5,6)44-26(37)13-14-33(24,7)27(22)35/h12-14,18-22,24-25,27-28,30,36,38,40-41H,10-11,15-17H2,1-9H3/t18?,19-,20-,21+,22+,24-,25+,27+,28-,30-,33-,34-,35+/m0/s1. The first kappa shape index (κ1) is 33.6. The highest BCUT2D eigenvalue weighted by Crippen LogP contribution is 2.72. The molecule has 0 aromatic heterocycles. The summed E-state index contributed by atoms with van der Waals surface area (Å²) in [6, 6.07) is 0. The second-order valence-electron chi connectivity index (χ2n) is 16.2. The minimum atomic E-state index is -1.40. The number of hydrogen-bond donors (Lipinski definition) is 4. The van der Waals surface area contributed by atoms with Crippen LogP contribution in [-0.2, 0) is 23.8 Å². The van der Waals surface area contributed by atoms with Gasteiger partial charge in [0.05, 0.1) is 23.7 Å². The number of allylic oxidation sites excluding steroid dienone is 2. The zero-order valence-corrected chi connectivity index (χ0v) is 27.9. The minimum absolute atomic E-state index is 0.113. The highest BCUT2D eigenvalue weighted by molar-refractivity contribution is 5.83. The Hall–Kier alpha value is -1.78. The van der Waals surface area contributed by atoms with Crippen molar-refractivity contribution < 1.29 is 44.2 Å². The van der Waals surface area contributed by atoms with E-state index in [9.17, 15) is 30.0 Å². The van der Waals surface area contributed by atoms with Gasteiger partial charge < -0.3 is 34.6 Å². The van der Waals surface area contributed by atoms with E-state index < -0.39 is 64.1 Å². The van der Waals surface area contributed by atoms with Crippen molar-refractivity contribution in [1.29, 1.82) is 0 Å². The van der Waals surface area contributed by atoms with Crippen LogP contribution in [0.15, 0.2) is 23.8 Å². The van der Waals surface area contributed by atoms with Crippen LogP contribution in [0.5, 0.6) is 0 Å². The highest BCUT2D eigenvalue weighted by Gasteiger charge is 2.71. The Morgan fingerprint density at radius 2 is 1.82 bits per heavy atom.